The van der Waals surface area contributed by atoms with E-state index in [0.717, 1.165) is 40.8 Å². The molecule has 0 radical (unpaired) electrons. The third-order valence-corrected chi connectivity index (χ3v) is 8.46. The molecule has 0 saturated heterocycles. The quantitative estimate of drug-likeness (QED) is 0.465. The lowest BCUT2D eigenvalue weighted by Gasteiger charge is -2.15. The summed E-state index contributed by atoms with van der Waals surface area (Å²) in [6.45, 7) is 2.08. The topological polar surface area (TPSA) is 69.7 Å². The molecule has 6 heteroatoms. The number of hydrogen-bond donors (Lipinski definition) is 0. The number of hydrogen-bond acceptors (Lipinski definition) is 5. The maximum Gasteiger partial charge on any atom is 0.231 e. The van der Waals surface area contributed by atoms with Crippen LogP contribution in [0, 0.1) is 0 Å². The van der Waals surface area contributed by atoms with E-state index in [1.165, 1.54) is 0 Å². The molecule has 1 aliphatic carbocycles. The normalized spacial score (nSPS) is 15.9. The van der Waals surface area contributed by atoms with Gasteiger partial charge in [0.05, 0.1) is 16.1 Å². The van der Waals surface area contributed by atoms with Gasteiger partial charge in [-0.05, 0) is 65.8 Å². The predicted octanol–water partition coefficient (Wildman–Crippen LogP) is 5.11. The van der Waals surface area contributed by atoms with Gasteiger partial charge in [0, 0.05) is 6.42 Å². The molecule has 33 heavy (non-hydrogen) atoms. The Morgan fingerprint density at radius 3 is 2.39 bits per heavy atom. The van der Waals surface area contributed by atoms with Crippen molar-refractivity contribution in [3.63, 3.8) is 0 Å². The molecular weight excluding hydrogens is 436 g/mol. The highest BCUT2D eigenvalue weighted by Gasteiger charge is 2.50. The molecule has 0 amide bonds. The number of ether oxygens (including phenoxy) is 2. The van der Waals surface area contributed by atoms with E-state index in [1.54, 1.807) is 12.1 Å². The molecule has 0 aromatic heterocycles. The van der Waals surface area contributed by atoms with Gasteiger partial charge in [0.25, 0.3) is 0 Å². The summed E-state index contributed by atoms with van der Waals surface area (Å²) in [5.74, 6) is 1.79. The first kappa shape index (κ1) is 21.7. The van der Waals surface area contributed by atoms with Crippen molar-refractivity contribution < 1.29 is 22.7 Å². The minimum absolute atomic E-state index is 0.148. The Morgan fingerprint density at radius 2 is 1.67 bits per heavy atom. The van der Waals surface area contributed by atoms with E-state index in [9.17, 15) is 13.2 Å². The minimum Gasteiger partial charge on any atom is -0.454 e. The Morgan fingerprint density at radius 1 is 0.909 bits per heavy atom. The average Bonchev–Trinajstić information content (AvgIpc) is 3.50. The molecule has 3 aromatic carbocycles. The largest absolute Gasteiger partial charge is 0.454 e. The van der Waals surface area contributed by atoms with E-state index in [2.05, 4.69) is 0 Å². The van der Waals surface area contributed by atoms with Crippen molar-refractivity contribution in [1.29, 1.82) is 0 Å². The SMILES string of the molecule is CCCS(=O)(=O)c1ccc(-c2cccc(CC(=O)C3(c4ccc5c(c4)OCO5)CC3)c2)cc1. The number of benzene rings is 3. The minimum atomic E-state index is -3.23. The van der Waals surface area contributed by atoms with Crippen molar-refractivity contribution in [3.05, 3.63) is 77.9 Å². The molecule has 1 fully saturated rings. The molecule has 2 aliphatic rings. The lowest BCUT2D eigenvalue weighted by Crippen LogP contribution is -2.22. The van der Waals surface area contributed by atoms with Crippen LogP contribution in [-0.2, 0) is 26.5 Å². The van der Waals surface area contributed by atoms with Crippen LogP contribution in [0.25, 0.3) is 11.1 Å². The number of carbonyl (C=O) groups is 1. The zero-order valence-corrected chi connectivity index (χ0v) is 19.4. The van der Waals surface area contributed by atoms with Crippen molar-refractivity contribution in [3.8, 4) is 22.6 Å². The summed E-state index contributed by atoms with van der Waals surface area (Å²) in [7, 11) is -3.23. The number of fused-ring (bicyclic) bond motifs is 1. The maximum atomic E-state index is 13.3. The first-order valence-electron chi connectivity index (χ1n) is 11.3. The number of ketones is 1. The van der Waals surface area contributed by atoms with Crippen LogP contribution in [-0.4, -0.2) is 26.7 Å². The zero-order valence-electron chi connectivity index (χ0n) is 18.5. The Hall–Kier alpha value is -3.12. The van der Waals surface area contributed by atoms with E-state index < -0.39 is 15.3 Å². The molecule has 5 nitrogen and oxygen atoms in total. The summed E-state index contributed by atoms with van der Waals surface area (Å²) in [6, 6.07) is 20.7. The number of sulfone groups is 1. The van der Waals surface area contributed by atoms with Crippen LogP contribution in [0.3, 0.4) is 0 Å². The third kappa shape index (κ3) is 4.15. The maximum absolute atomic E-state index is 13.3. The van der Waals surface area contributed by atoms with Crippen molar-refractivity contribution in [2.45, 2.75) is 42.9 Å². The van der Waals surface area contributed by atoms with Gasteiger partial charge < -0.3 is 9.47 Å². The van der Waals surface area contributed by atoms with Gasteiger partial charge in [-0.2, -0.15) is 0 Å². The lowest BCUT2D eigenvalue weighted by molar-refractivity contribution is -0.120. The van der Waals surface area contributed by atoms with Gasteiger partial charge in [0.1, 0.15) is 5.78 Å². The molecule has 0 atom stereocenters. The highest BCUT2D eigenvalue weighted by molar-refractivity contribution is 7.91. The van der Waals surface area contributed by atoms with Crippen molar-refractivity contribution in [1.82, 2.24) is 0 Å². The van der Waals surface area contributed by atoms with Gasteiger partial charge >= 0.3 is 0 Å². The highest BCUT2D eigenvalue weighted by atomic mass is 32.2. The van der Waals surface area contributed by atoms with Crippen LogP contribution in [0.1, 0.15) is 37.3 Å². The molecular formula is C27H26O5S. The van der Waals surface area contributed by atoms with Crippen LogP contribution in [0.4, 0.5) is 0 Å². The van der Waals surface area contributed by atoms with E-state index in [1.807, 2.05) is 61.5 Å². The molecule has 0 spiro atoms. The molecule has 0 N–H and O–H groups in total. The van der Waals surface area contributed by atoms with Crippen molar-refractivity contribution in [2.24, 2.45) is 0 Å². The highest BCUT2D eigenvalue weighted by Crippen LogP contribution is 2.51. The van der Waals surface area contributed by atoms with Gasteiger partial charge in [-0.25, -0.2) is 8.42 Å². The molecule has 1 heterocycles. The molecule has 1 saturated carbocycles. The Kier molecular flexibility index (Phi) is 5.49. The summed E-state index contributed by atoms with van der Waals surface area (Å²) in [5, 5.41) is 0. The molecule has 1 aliphatic heterocycles. The first-order valence-corrected chi connectivity index (χ1v) is 12.9. The lowest BCUT2D eigenvalue weighted by atomic mass is 9.87. The van der Waals surface area contributed by atoms with Crippen LogP contribution in [0.2, 0.25) is 0 Å². The van der Waals surface area contributed by atoms with Crippen molar-refractivity contribution >= 4 is 15.6 Å². The molecule has 170 valence electrons. The summed E-state index contributed by atoms with van der Waals surface area (Å²) in [5.41, 5.74) is 3.40. The van der Waals surface area contributed by atoms with Crippen LogP contribution in [0.5, 0.6) is 11.5 Å². The van der Waals surface area contributed by atoms with Crippen molar-refractivity contribution in [2.75, 3.05) is 12.5 Å². The Balaban J connectivity index is 1.34. The van der Waals surface area contributed by atoms with Gasteiger partial charge in [0.2, 0.25) is 6.79 Å². The molecule has 3 aromatic rings. The summed E-state index contributed by atoms with van der Waals surface area (Å²) < 4.78 is 35.5. The van der Waals surface area contributed by atoms with Gasteiger partial charge in [-0.15, -0.1) is 0 Å². The summed E-state index contributed by atoms with van der Waals surface area (Å²) in [4.78, 5) is 13.7. The van der Waals surface area contributed by atoms with Crippen LogP contribution < -0.4 is 9.47 Å². The van der Waals surface area contributed by atoms with Gasteiger partial charge in [-0.3, -0.25) is 4.79 Å². The van der Waals surface area contributed by atoms with Crippen LogP contribution >= 0.6 is 0 Å². The number of Topliss-reactive ketones (excluding diaryl/α,β-unsaturated/α-hetero) is 1. The summed E-state index contributed by atoms with van der Waals surface area (Å²) >= 11 is 0. The zero-order chi connectivity index (χ0) is 23.1. The standard InChI is InChI=1S/C27H26O5S/c1-2-14-33(29,30)23-9-6-20(7-10-23)21-5-3-4-19(15-21)16-26(28)27(12-13-27)22-8-11-24-25(17-22)32-18-31-24/h3-11,15,17H,2,12-14,16,18H2,1H3. The van der Waals surface area contributed by atoms with Gasteiger partial charge in [-0.1, -0.05) is 49.4 Å². The fraction of sp³-hybridized carbons (Fsp3) is 0.296. The third-order valence-electron chi connectivity index (χ3n) is 6.52. The Bertz CT molecular complexity index is 1300. The fourth-order valence-corrected chi connectivity index (χ4v) is 5.83. The molecule has 0 unspecified atom stereocenters. The second-order valence-corrected chi connectivity index (χ2v) is 10.9. The van der Waals surface area contributed by atoms with E-state index in [0.29, 0.717) is 23.5 Å². The second kappa shape index (κ2) is 8.34. The fourth-order valence-electron chi connectivity index (χ4n) is 4.50. The average molecular weight is 463 g/mol. The van der Waals surface area contributed by atoms with Crippen LogP contribution in [0.15, 0.2) is 71.6 Å². The van der Waals surface area contributed by atoms with Gasteiger partial charge in [0.15, 0.2) is 21.3 Å². The monoisotopic (exact) mass is 462 g/mol. The second-order valence-electron chi connectivity index (χ2n) is 8.79. The van der Waals surface area contributed by atoms with E-state index >= 15 is 0 Å². The number of rotatable bonds is 8. The molecule has 5 rings (SSSR count). The smallest absolute Gasteiger partial charge is 0.231 e. The Labute approximate surface area is 194 Å². The predicted molar refractivity (Wildman–Crippen MR) is 126 cm³/mol. The van der Waals surface area contributed by atoms with E-state index in [4.69, 9.17) is 9.47 Å². The first-order chi connectivity index (χ1) is 15.9. The molecule has 0 bridgehead atoms. The van der Waals surface area contributed by atoms with E-state index in [-0.39, 0.29) is 18.3 Å². The summed E-state index contributed by atoms with van der Waals surface area (Å²) in [6.07, 6.45) is 2.64. The number of carbonyl (C=O) groups excluding carboxylic acids is 1.